The van der Waals surface area contributed by atoms with Gasteiger partial charge in [-0.3, -0.25) is 0 Å². The topological polar surface area (TPSA) is 36.4 Å². The second kappa shape index (κ2) is 8.86. The van der Waals surface area contributed by atoms with Gasteiger partial charge in [-0.15, -0.1) is 23.1 Å². The molecule has 2 N–H and O–H groups in total. The molecule has 0 aliphatic carbocycles. The molecule has 0 atom stereocenters. The summed E-state index contributed by atoms with van der Waals surface area (Å²) >= 11 is 3.58. The van der Waals surface area contributed by atoms with Gasteiger partial charge in [0.15, 0.2) is 5.96 Å². The number of aliphatic imine (C=N–C) groups is 1. The molecule has 1 heterocycles. The molecule has 0 saturated carbocycles. The highest BCUT2D eigenvalue weighted by Gasteiger charge is 2.00. The minimum absolute atomic E-state index is 0.688. The third kappa shape index (κ3) is 5.39. The Morgan fingerprint density at radius 3 is 2.50 bits per heavy atom. The van der Waals surface area contributed by atoms with Crippen LogP contribution >= 0.6 is 23.1 Å². The SMILES string of the molecule is CCNC(=NCc1ccc(SC)cc1)NCc1ccc(C)s1. The Morgan fingerprint density at radius 2 is 1.91 bits per heavy atom. The molecular formula is C17H23N3S2. The van der Waals surface area contributed by atoms with E-state index < -0.39 is 0 Å². The molecule has 22 heavy (non-hydrogen) atoms. The summed E-state index contributed by atoms with van der Waals surface area (Å²) in [5.74, 6) is 0.863. The minimum Gasteiger partial charge on any atom is -0.357 e. The van der Waals surface area contributed by atoms with Gasteiger partial charge >= 0.3 is 0 Å². The van der Waals surface area contributed by atoms with Gasteiger partial charge in [-0.2, -0.15) is 0 Å². The first-order valence-electron chi connectivity index (χ1n) is 7.41. The molecule has 0 unspecified atom stereocenters. The van der Waals surface area contributed by atoms with Crippen molar-refractivity contribution >= 4 is 29.1 Å². The lowest BCUT2D eigenvalue weighted by atomic mass is 10.2. The maximum atomic E-state index is 4.65. The van der Waals surface area contributed by atoms with Crippen molar-refractivity contribution in [3.63, 3.8) is 0 Å². The van der Waals surface area contributed by atoms with Gasteiger partial charge in [-0.1, -0.05) is 12.1 Å². The number of nitrogens with one attached hydrogen (secondary N) is 2. The Hall–Kier alpha value is -1.46. The van der Waals surface area contributed by atoms with Crippen LogP contribution < -0.4 is 10.6 Å². The number of hydrogen-bond donors (Lipinski definition) is 2. The predicted octanol–water partition coefficient (Wildman–Crippen LogP) is 4.03. The van der Waals surface area contributed by atoms with E-state index in [4.69, 9.17) is 0 Å². The zero-order chi connectivity index (χ0) is 15.8. The van der Waals surface area contributed by atoms with Crippen LogP contribution in [0.1, 0.15) is 22.2 Å². The van der Waals surface area contributed by atoms with Crippen molar-refractivity contribution in [2.45, 2.75) is 31.8 Å². The molecule has 0 fully saturated rings. The van der Waals surface area contributed by atoms with Crippen LogP contribution in [0.25, 0.3) is 0 Å². The fourth-order valence-corrected chi connectivity index (χ4v) is 3.23. The van der Waals surface area contributed by atoms with Crippen LogP contribution in [0.3, 0.4) is 0 Å². The summed E-state index contributed by atoms with van der Waals surface area (Å²) in [6.07, 6.45) is 2.09. The summed E-state index contributed by atoms with van der Waals surface area (Å²) in [7, 11) is 0. The van der Waals surface area contributed by atoms with Crippen molar-refractivity contribution in [2.75, 3.05) is 12.8 Å². The van der Waals surface area contributed by atoms with E-state index in [2.05, 4.69) is 72.1 Å². The van der Waals surface area contributed by atoms with Gasteiger partial charge in [0, 0.05) is 21.2 Å². The number of guanidine groups is 1. The van der Waals surface area contributed by atoms with E-state index in [1.54, 1.807) is 11.8 Å². The zero-order valence-corrected chi connectivity index (χ0v) is 15.0. The quantitative estimate of drug-likeness (QED) is 0.476. The molecule has 1 aromatic heterocycles. The maximum absolute atomic E-state index is 4.65. The van der Waals surface area contributed by atoms with Crippen molar-refractivity contribution < 1.29 is 0 Å². The van der Waals surface area contributed by atoms with Crippen molar-refractivity contribution in [1.82, 2.24) is 10.6 Å². The monoisotopic (exact) mass is 333 g/mol. The molecule has 2 aromatic rings. The fourth-order valence-electron chi connectivity index (χ4n) is 1.99. The molecule has 0 amide bonds. The van der Waals surface area contributed by atoms with Crippen LogP contribution in [-0.2, 0) is 13.1 Å². The molecule has 118 valence electrons. The van der Waals surface area contributed by atoms with Crippen LogP contribution in [0.15, 0.2) is 46.3 Å². The fraction of sp³-hybridized carbons (Fsp3) is 0.353. The van der Waals surface area contributed by atoms with Gasteiger partial charge < -0.3 is 10.6 Å². The van der Waals surface area contributed by atoms with Gasteiger partial charge in [0.1, 0.15) is 0 Å². The zero-order valence-electron chi connectivity index (χ0n) is 13.3. The largest absolute Gasteiger partial charge is 0.357 e. The Kier molecular flexibility index (Phi) is 6.80. The second-order valence-corrected chi connectivity index (χ2v) is 7.16. The Labute approximate surface area is 141 Å². The third-order valence-electron chi connectivity index (χ3n) is 3.15. The normalized spacial score (nSPS) is 11.5. The number of benzene rings is 1. The molecule has 3 nitrogen and oxygen atoms in total. The number of thiophene rings is 1. The summed E-state index contributed by atoms with van der Waals surface area (Å²) in [5, 5.41) is 6.68. The molecular weight excluding hydrogens is 310 g/mol. The molecule has 0 radical (unpaired) electrons. The van der Waals surface area contributed by atoms with E-state index in [0.717, 1.165) is 19.0 Å². The third-order valence-corrected chi connectivity index (χ3v) is 4.89. The molecule has 2 rings (SSSR count). The lowest BCUT2D eigenvalue weighted by Gasteiger charge is -2.10. The standard InChI is InChI=1S/C17H23N3S2/c1-4-18-17(20-12-16-8-5-13(2)22-16)19-11-14-6-9-15(21-3)10-7-14/h5-10H,4,11-12H2,1-3H3,(H2,18,19,20). The smallest absolute Gasteiger partial charge is 0.191 e. The van der Waals surface area contributed by atoms with Crippen LogP contribution in [0, 0.1) is 6.92 Å². The lowest BCUT2D eigenvalue weighted by molar-refractivity contribution is 0.823. The second-order valence-electron chi connectivity index (χ2n) is 4.91. The number of hydrogen-bond acceptors (Lipinski definition) is 3. The van der Waals surface area contributed by atoms with Crippen molar-refractivity contribution in [3.05, 3.63) is 51.7 Å². The molecule has 0 bridgehead atoms. The van der Waals surface area contributed by atoms with E-state index in [9.17, 15) is 0 Å². The van der Waals surface area contributed by atoms with Crippen molar-refractivity contribution in [1.29, 1.82) is 0 Å². The van der Waals surface area contributed by atoms with Gasteiger partial charge in [0.25, 0.3) is 0 Å². The van der Waals surface area contributed by atoms with E-state index >= 15 is 0 Å². The first kappa shape index (κ1) is 16.9. The first-order chi connectivity index (χ1) is 10.7. The molecule has 1 aromatic carbocycles. The Bertz CT molecular complexity index is 603. The minimum atomic E-state index is 0.688. The number of aryl methyl sites for hydroxylation is 1. The summed E-state index contributed by atoms with van der Waals surface area (Å²) < 4.78 is 0. The van der Waals surface area contributed by atoms with Gasteiger partial charge in [0.2, 0.25) is 0 Å². The predicted molar refractivity (Wildman–Crippen MR) is 98.9 cm³/mol. The van der Waals surface area contributed by atoms with E-state index in [1.165, 1.54) is 20.2 Å². The number of thioether (sulfide) groups is 1. The van der Waals surface area contributed by atoms with E-state index in [0.29, 0.717) is 6.54 Å². The molecule has 5 heteroatoms. The van der Waals surface area contributed by atoms with E-state index in [1.807, 2.05) is 11.3 Å². The van der Waals surface area contributed by atoms with Gasteiger partial charge in [-0.25, -0.2) is 4.99 Å². The number of rotatable bonds is 6. The molecule has 0 aliphatic rings. The highest BCUT2D eigenvalue weighted by molar-refractivity contribution is 7.98. The van der Waals surface area contributed by atoms with Crippen LogP contribution in [-0.4, -0.2) is 18.8 Å². The maximum Gasteiger partial charge on any atom is 0.191 e. The lowest BCUT2D eigenvalue weighted by Crippen LogP contribution is -2.36. The molecule has 0 spiro atoms. The summed E-state index contributed by atoms with van der Waals surface area (Å²) in [6.45, 7) is 6.58. The Balaban J connectivity index is 1.93. The van der Waals surface area contributed by atoms with Gasteiger partial charge in [0.05, 0.1) is 13.1 Å². The Morgan fingerprint density at radius 1 is 1.14 bits per heavy atom. The molecule has 0 saturated heterocycles. The molecule has 0 aliphatic heterocycles. The van der Waals surface area contributed by atoms with Crippen LogP contribution in [0.4, 0.5) is 0 Å². The number of nitrogens with zero attached hydrogens (tertiary/aromatic N) is 1. The summed E-state index contributed by atoms with van der Waals surface area (Å²) in [6, 6.07) is 12.9. The van der Waals surface area contributed by atoms with Gasteiger partial charge in [-0.05, 0) is 49.9 Å². The van der Waals surface area contributed by atoms with Crippen molar-refractivity contribution in [3.8, 4) is 0 Å². The summed E-state index contributed by atoms with van der Waals surface area (Å²) in [4.78, 5) is 8.60. The van der Waals surface area contributed by atoms with Crippen LogP contribution in [0.2, 0.25) is 0 Å². The van der Waals surface area contributed by atoms with E-state index in [-0.39, 0.29) is 0 Å². The first-order valence-corrected chi connectivity index (χ1v) is 9.46. The van der Waals surface area contributed by atoms with Crippen LogP contribution in [0.5, 0.6) is 0 Å². The van der Waals surface area contributed by atoms with Crippen molar-refractivity contribution in [2.24, 2.45) is 4.99 Å². The average molecular weight is 334 g/mol. The highest BCUT2D eigenvalue weighted by atomic mass is 32.2. The summed E-state index contributed by atoms with van der Waals surface area (Å²) in [5.41, 5.74) is 1.22. The average Bonchev–Trinajstić information content (AvgIpc) is 2.96. The highest BCUT2D eigenvalue weighted by Crippen LogP contribution is 2.15.